The Morgan fingerprint density at radius 3 is 3.06 bits per heavy atom. The predicted molar refractivity (Wildman–Crippen MR) is 72.3 cm³/mol. The topological polar surface area (TPSA) is 54.1 Å². The van der Waals surface area contributed by atoms with Gasteiger partial charge < -0.3 is 15.0 Å². The molecule has 0 fully saturated rings. The molecule has 0 atom stereocenters. The molecule has 18 heavy (non-hydrogen) atoms. The molecule has 1 amide bonds. The molecule has 0 aliphatic heterocycles. The fourth-order valence-corrected chi connectivity index (χ4v) is 2.04. The monoisotopic (exact) mass is 266 g/mol. The van der Waals surface area contributed by atoms with Gasteiger partial charge in [-0.25, -0.2) is 0 Å². The molecule has 0 saturated heterocycles. The first kappa shape index (κ1) is 12.8. The number of rotatable bonds is 5. The van der Waals surface area contributed by atoms with Crippen LogP contribution >= 0.6 is 11.6 Å². The number of benzene rings is 1. The molecule has 5 heteroatoms. The molecular weight excluding hydrogens is 252 g/mol. The number of carbonyl (C=O) groups is 1. The Kier molecular flexibility index (Phi) is 4.10. The van der Waals surface area contributed by atoms with E-state index >= 15 is 0 Å². The minimum Gasteiger partial charge on any atom is -0.495 e. The number of fused-ring (bicyclic) bond motifs is 1. The zero-order valence-corrected chi connectivity index (χ0v) is 10.9. The van der Waals surface area contributed by atoms with Crippen LogP contribution in [0.15, 0.2) is 24.4 Å². The standard InChI is InChI=1S/C13H15ClN2O2/c1-18-11-4-2-3-10-9(8-16-13(10)11)5-6-15-12(17)7-14/h2-4,8,16H,5-7H2,1H3,(H,15,17). The van der Waals surface area contributed by atoms with Crippen molar-refractivity contribution in [1.82, 2.24) is 10.3 Å². The Labute approximate surface area is 110 Å². The first-order valence-electron chi connectivity index (χ1n) is 5.72. The second kappa shape index (κ2) is 5.78. The highest BCUT2D eigenvalue weighted by molar-refractivity contribution is 6.27. The number of carbonyl (C=O) groups excluding carboxylic acids is 1. The summed E-state index contributed by atoms with van der Waals surface area (Å²) in [6, 6.07) is 5.90. The van der Waals surface area contributed by atoms with Gasteiger partial charge in [0.2, 0.25) is 5.91 Å². The van der Waals surface area contributed by atoms with Gasteiger partial charge in [0, 0.05) is 18.1 Å². The van der Waals surface area contributed by atoms with Gasteiger partial charge in [0.1, 0.15) is 11.6 Å². The Morgan fingerprint density at radius 2 is 2.33 bits per heavy atom. The predicted octanol–water partition coefficient (Wildman–Crippen LogP) is 2.07. The van der Waals surface area contributed by atoms with Gasteiger partial charge in [-0.15, -0.1) is 11.6 Å². The summed E-state index contributed by atoms with van der Waals surface area (Å²) in [6.45, 7) is 0.579. The number of H-pyrrole nitrogens is 1. The van der Waals surface area contributed by atoms with Gasteiger partial charge in [0.15, 0.2) is 0 Å². The molecule has 0 aliphatic rings. The maximum Gasteiger partial charge on any atom is 0.234 e. The van der Waals surface area contributed by atoms with E-state index < -0.39 is 0 Å². The molecule has 0 bridgehead atoms. The van der Waals surface area contributed by atoms with Crippen LogP contribution in [0, 0.1) is 0 Å². The highest BCUT2D eigenvalue weighted by Gasteiger charge is 2.07. The number of hydrogen-bond donors (Lipinski definition) is 2. The lowest BCUT2D eigenvalue weighted by Gasteiger charge is -2.03. The van der Waals surface area contributed by atoms with Crippen molar-refractivity contribution in [1.29, 1.82) is 0 Å². The van der Waals surface area contributed by atoms with Gasteiger partial charge in [0.25, 0.3) is 0 Å². The Balaban J connectivity index is 2.12. The van der Waals surface area contributed by atoms with Crippen LogP contribution < -0.4 is 10.1 Å². The van der Waals surface area contributed by atoms with Crippen molar-refractivity contribution < 1.29 is 9.53 Å². The average Bonchev–Trinajstić information content (AvgIpc) is 2.82. The summed E-state index contributed by atoms with van der Waals surface area (Å²) in [5.41, 5.74) is 2.14. The van der Waals surface area contributed by atoms with Crippen molar-refractivity contribution >= 4 is 28.4 Å². The van der Waals surface area contributed by atoms with Gasteiger partial charge in [-0.2, -0.15) is 0 Å². The molecule has 2 rings (SSSR count). The number of alkyl halides is 1. The highest BCUT2D eigenvalue weighted by atomic mass is 35.5. The molecule has 0 radical (unpaired) electrons. The number of amides is 1. The smallest absolute Gasteiger partial charge is 0.234 e. The van der Waals surface area contributed by atoms with Crippen molar-refractivity contribution in [2.24, 2.45) is 0 Å². The van der Waals surface area contributed by atoms with Crippen LogP contribution in [-0.2, 0) is 11.2 Å². The van der Waals surface area contributed by atoms with E-state index in [0.717, 1.165) is 28.6 Å². The summed E-state index contributed by atoms with van der Waals surface area (Å²) in [6.07, 6.45) is 2.70. The second-order valence-electron chi connectivity index (χ2n) is 3.93. The molecule has 1 aromatic heterocycles. The number of ether oxygens (including phenoxy) is 1. The number of halogens is 1. The average molecular weight is 267 g/mol. The molecule has 0 unspecified atom stereocenters. The highest BCUT2D eigenvalue weighted by Crippen LogP contribution is 2.26. The molecule has 2 N–H and O–H groups in total. The summed E-state index contributed by atoms with van der Waals surface area (Å²) >= 11 is 5.41. The van der Waals surface area contributed by atoms with E-state index in [1.54, 1.807) is 7.11 Å². The largest absolute Gasteiger partial charge is 0.495 e. The van der Waals surface area contributed by atoms with Crippen LogP contribution in [0.25, 0.3) is 10.9 Å². The van der Waals surface area contributed by atoms with Gasteiger partial charge in [-0.05, 0) is 18.1 Å². The van der Waals surface area contributed by atoms with Gasteiger partial charge >= 0.3 is 0 Å². The molecule has 0 aliphatic carbocycles. The van der Waals surface area contributed by atoms with Crippen molar-refractivity contribution in [2.75, 3.05) is 19.5 Å². The maximum absolute atomic E-state index is 11.0. The maximum atomic E-state index is 11.0. The van der Waals surface area contributed by atoms with E-state index in [9.17, 15) is 4.79 Å². The van der Waals surface area contributed by atoms with Gasteiger partial charge in [-0.3, -0.25) is 4.79 Å². The lowest BCUT2D eigenvalue weighted by Crippen LogP contribution is -2.26. The third-order valence-corrected chi connectivity index (χ3v) is 3.06. The third kappa shape index (κ3) is 2.59. The molecule has 1 heterocycles. The van der Waals surface area contributed by atoms with Crippen LogP contribution in [0.2, 0.25) is 0 Å². The quantitative estimate of drug-likeness (QED) is 0.814. The summed E-state index contributed by atoms with van der Waals surface area (Å²) < 4.78 is 5.28. The van der Waals surface area contributed by atoms with Crippen molar-refractivity contribution in [3.05, 3.63) is 30.0 Å². The lowest BCUT2D eigenvalue weighted by atomic mass is 10.1. The van der Waals surface area contributed by atoms with Crippen LogP contribution in [0.1, 0.15) is 5.56 Å². The molecule has 4 nitrogen and oxygen atoms in total. The normalized spacial score (nSPS) is 10.6. The second-order valence-corrected chi connectivity index (χ2v) is 4.20. The first-order valence-corrected chi connectivity index (χ1v) is 6.25. The number of aromatic nitrogens is 1. The lowest BCUT2D eigenvalue weighted by molar-refractivity contribution is -0.118. The summed E-state index contributed by atoms with van der Waals surface area (Å²) in [5.74, 6) is 0.680. The zero-order valence-electron chi connectivity index (χ0n) is 10.1. The van der Waals surface area contributed by atoms with E-state index in [4.69, 9.17) is 16.3 Å². The SMILES string of the molecule is COc1cccc2c(CCNC(=O)CCl)c[nH]c12. The molecule has 1 aromatic carbocycles. The molecule has 2 aromatic rings. The Morgan fingerprint density at radius 1 is 1.50 bits per heavy atom. The molecule has 0 spiro atoms. The number of hydrogen-bond acceptors (Lipinski definition) is 2. The van der Waals surface area contributed by atoms with Crippen LogP contribution in [0.5, 0.6) is 5.75 Å². The van der Waals surface area contributed by atoms with Crippen LogP contribution in [-0.4, -0.2) is 30.4 Å². The van der Waals surface area contributed by atoms with Gasteiger partial charge in [0.05, 0.1) is 12.6 Å². The summed E-state index contributed by atoms with van der Waals surface area (Å²) in [7, 11) is 1.65. The first-order chi connectivity index (χ1) is 8.76. The van der Waals surface area contributed by atoms with Crippen LogP contribution in [0.4, 0.5) is 0 Å². The fourth-order valence-electron chi connectivity index (χ4n) is 1.95. The molecular formula is C13H15ClN2O2. The van der Waals surface area contributed by atoms with Crippen LogP contribution in [0.3, 0.4) is 0 Å². The van der Waals surface area contributed by atoms with Crippen molar-refractivity contribution in [3.63, 3.8) is 0 Å². The zero-order chi connectivity index (χ0) is 13.0. The Bertz CT molecular complexity index is 551. The van der Waals surface area contributed by atoms with E-state index in [1.807, 2.05) is 24.4 Å². The van der Waals surface area contributed by atoms with Crippen molar-refractivity contribution in [3.8, 4) is 5.75 Å². The van der Waals surface area contributed by atoms with E-state index in [2.05, 4.69) is 10.3 Å². The number of para-hydroxylation sites is 1. The Hall–Kier alpha value is -1.68. The van der Waals surface area contributed by atoms with E-state index in [-0.39, 0.29) is 11.8 Å². The minimum atomic E-state index is -0.144. The van der Waals surface area contributed by atoms with E-state index in [1.165, 1.54) is 0 Å². The molecule has 0 saturated carbocycles. The number of methoxy groups -OCH3 is 1. The van der Waals surface area contributed by atoms with Crippen molar-refractivity contribution in [2.45, 2.75) is 6.42 Å². The van der Waals surface area contributed by atoms with Gasteiger partial charge in [-0.1, -0.05) is 12.1 Å². The molecule has 96 valence electrons. The third-order valence-electron chi connectivity index (χ3n) is 2.82. The number of aromatic amines is 1. The summed E-state index contributed by atoms with van der Waals surface area (Å²) in [5, 5.41) is 3.87. The van der Waals surface area contributed by atoms with E-state index in [0.29, 0.717) is 6.54 Å². The summed E-state index contributed by atoms with van der Waals surface area (Å²) in [4.78, 5) is 14.2. The minimum absolute atomic E-state index is 0.00169. The number of nitrogens with one attached hydrogen (secondary N) is 2. The fraction of sp³-hybridized carbons (Fsp3) is 0.308.